The number of imidazole rings is 1. The number of hydrogen-bond acceptors (Lipinski definition) is 3. The molecule has 5 nitrogen and oxygen atoms in total. The van der Waals surface area contributed by atoms with Crippen molar-refractivity contribution in [3.63, 3.8) is 0 Å². The van der Waals surface area contributed by atoms with Crippen LogP contribution in [-0.4, -0.2) is 48.0 Å². The zero-order valence-corrected chi connectivity index (χ0v) is 11.4. The van der Waals surface area contributed by atoms with Crippen molar-refractivity contribution in [2.24, 2.45) is 0 Å². The molecule has 0 atom stereocenters. The van der Waals surface area contributed by atoms with Gasteiger partial charge in [-0.15, -0.1) is 0 Å². The summed E-state index contributed by atoms with van der Waals surface area (Å²) < 4.78 is 0. The van der Waals surface area contributed by atoms with Gasteiger partial charge in [-0.1, -0.05) is 12.1 Å². The number of carbonyl (C=O) groups excluding carboxylic acids is 1. The summed E-state index contributed by atoms with van der Waals surface area (Å²) in [6, 6.07) is 7.88. The van der Waals surface area contributed by atoms with Crippen LogP contribution in [0.5, 0.6) is 0 Å². The molecule has 0 aliphatic rings. The van der Waals surface area contributed by atoms with E-state index in [4.69, 9.17) is 0 Å². The second-order valence-corrected chi connectivity index (χ2v) is 4.85. The summed E-state index contributed by atoms with van der Waals surface area (Å²) in [7, 11) is 3.97. The number of nitrogens with zero attached hydrogens (tertiary/aromatic N) is 2. The molecule has 0 bridgehead atoms. The van der Waals surface area contributed by atoms with Crippen molar-refractivity contribution in [3.05, 3.63) is 30.1 Å². The van der Waals surface area contributed by atoms with Crippen LogP contribution >= 0.6 is 0 Å². The molecule has 2 N–H and O–H groups in total. The van der Waals surface area contributed by atoms with E-state index >= 15 is 0 Å². The molecular formula is C14H20N4O. The van der Waals surface area contributed by atoms with Gasteiger partial charge in [-0.3, -0.25) is 4.79 Å². The van der Waals surface area contributed by atoms with Crippen molar-refractivity contribution >= 4 is 16.9 Å². The molecule has 1 amide bonds. The Kier molecular flexibility index (Phi) is 4.52. The maximum absolute atomic E-state index is 11.6. The molecule has 0 spiro atoms. The lowest BCUT2D eigenvalue weighted by atomic mass is 10.3. The Morgan fingerprint density at radius 3 is 2.89 bits per heavy atom. The molecule has 2 rings (SSSR count). The molecule has 0 saturated carbocycles. The zero-order chi connectivity index (χ0) is 13.7. The quantitative estimate of drug-likeness (QED) is 0.819. The van der Waals surface area contributed by atoms with Crippen LogP contribution in [0.2, 0.25) is 0 Å². The van der Waals surface area contributed by atoms with E-state index in [-0.39, 0.29) is 5.91 Å². The lowest BCUT2D eigenvalue weighted by Crippen LogP contribution is -2.31. The maximum Gasteiger partial charge on any atom is 0.220 e. The largest absolute Gasteiger partial charge is 0.355 e. The Morgan fingerprint density at radius 2 is 2.16 bits per heavy atom. The lowest BCUT2D eigenvalue weighted by Gasteiger charge is -2.09. The van der Waals surface area contributed by atoms with Crippen molar-refractivity contribution in [3.8, 4) is 0 Å². The van der Waals surface area contributed by atoms with Crippen LogP contribution in [0.4, 0.5) is 0 Å². The minimum Gasteiger partial charge on any atom is -0.355 e. The first-order chi connectivity index (χ1) is 9.15. The number of fused-ring (bicyclic) bond motifs is 1. The fourth-order valence-corrected chi connectivity index (χ4v) is 1.86. The number of para-hydroxylation sites is 2. The second kappa shape index (κ2) is 6.33. The minimum absolute atomic E-state index is 0.0716. The number of aryl methyl sites for hydroxylation is 1. The number of H-pyrrole nitrogens is 1. The van der Waals surface area contributed by atoms with E-state index in [9.17, 15) is 4.79 Å². The highest BCUT2D eigenvalue weighted by molar-refractivity contribution is 5.77. The van der Waals surface area contributed by atoms with Crippen molar-refractivity contribution < 1.29 is 4.79 Å². The Hall–Kier alpha value is -1.88. The molecule has 1 aromatic carbocycles. The number of nitrogens with one attached hydrogen (secondary N) is 2. The van der Waals surface area contributed by atoms with Gasteiger partial charge in [-0.2, -0.15) is 0 Å². The lowest BCUT2D eigenvalue weighted by molar-refractivity contribution is -0.121. The van der Waals surface area contributed by atoms with Gasteiger partial charge >= 0.3 is 0 Å². The number of benzene rings is 1. The molecule has 0 fully saturated rings. The van der Waals surface area contributed by atoms with Gasteiger partial charge in [0.1, 0.15) is 5.82 Å². The van der Waals surface area contributed by atoms with Crippen molar-refractivity contribution in [2.45, 2.75) is 12.8 Å². The Balaban J connectivity index is 1.80. The molecule has 0 aliphatic heterocycles. The highest BCUT2D eigenvalue weighted by Crippen LogP contribution is 2.11. The van der Waals surface area contributed by atoms with Crippen molar-refractivity contribution in [1.29, 1.82) is 0 Å². The van der Waals surface area contributed by atoms with E-state index in [2.05, 4.69) is 15.3 Å². The first kappa shape index (κ1) is 13.5. The highest BCUT2D eigenvalue weighted by Gasteiger charge is 2.05. The Morgan fingerprint density at radius 1 is 1.37 bits per heavy atom. The molecule has 0 unspecified atom stereocenters. The molecule has 0 radical (unpaired) electrons. The van der Waals surface area contributed by atoms with E-state index < -0.39 is 0 Å². The standard InChI is InChI=1S/C14H20N4O/c1-18(2)10-9-15-14(19)8-7-13-16-11-5-3-4-6-12(11)17-13/h3-6H,7-10H2,1-2H3,(H,15,19)(H,16,17). The van der Waals surface area contributed by atoms with Gasteiger partial charge in [0, 0.05) is 25.9 Å². The number of rotatable bonds is 6. The van der Waals surface area contributed by atoms with Crippen LogP contribution in [0, 0.1) is 0 Å². The number of aromatic nitrogens is 2. The summed E-state index contributed by atoms with van der Waals surface area (Å²) in [5, 5.41) is 2.90. The van der Waals surface area contributed by atoms with E-state index in [0.29, 0.717) is 19.4 Å². The summed E-state index contributed by atoms with van der Waals surface area (Å²) in [6.45, 7) is 1.54. The van der Waals surface area contributed by atoms with Gasteiger partial charge in [0.2, 0.25) is 5.91 Å². The first-order valence-electron chi connectivity index (χ1n) is 6.50. The molecule has 1 aromatic heterocycles. The molecule has 0 saturated heterocycles. The topological polar surface area (TPSA) is 61.0 Å². The summed E-state index contributed by atoms with van der Waals surface area (Å²) in [5.74, 6) is 0.936. The van der Waals surface area contributed by atoms with Gasteiger partial charge in [0.05, 0.1) is 11.0 Å². The molecular weight excluding hydrogens is 240 g/mol. The monoisotopic (exact) mass is 260 g/mol. The summed E-state index contributed by atoms with van der Waals surface area (Å²) in [6.07, 6.45) is 1.11. The number of aromatic amines is 1. The van der Waals surface area contributed by atoms with E-state index in [1.165, 1.54) is 0 Å². The van der Waals surface area contributed by atoms with E-state index in [0.717, 1.165) is 23.4 Å². The third kappa shape index (κ3) is 4.06. The predicted octanol–water partition coefficient (Wildman–Crippen LogP) is 1.17. The molecule has 1 heterocycles. The third-order valence-electron chi connectivity index (χ3n) is 2.91. The summed E-state index contributed by atoms with van der Waals surface area (Å²) in [5.41, 5.74) is 1.97. The summed E-state index contributed by atoms with van der Waals surface area (Å²) in [4.78, 5) is 21.4. The van der Waals surface area contributed by atoms with Crippen LogP contribution in [0.1, 0.15) is 12.2 Å². The summed E-state index contributed by atoms with van der Waals surface area (Å²) >= 11 is 0. The van der Waals surface area contributed by atoms with Crippen LogP contribution in [0.3, 0.4) is 0 Å². The highest BCUT2D eigenvalue weighted by atomic mass is 16.1. The second-order valence-electron chi connectivity index (χ2n) is 4.85. The van der Waals surface area contributed by atoms with Crippen molar-refractivity contribution in [1.82, 2.24) is 20.2 Å². The molecule has 2 aromatic rings. The van der Waals surface area contributed by atoms with E-state index in [1.807, 2.05) is 43.3 Å². The molecule has 0 aliphatic carbocycles. The number of amides is 1. The predicted molar refractivity (Wildman–Crippen MR) is 76.0 cm³/mol. The molecule has 5 heteroatoms. The smallest absolute Gasteiger partial charge is 0.220 e. The Bertz CT molecular complexity index is 514. The van der Waals surface area contributed by atoms with Gasteiger partial charge in [-0.25, -0.2) is 4.98 Å². The zero-order valence-electron chi connectivity index (χ0n) is 11.4. The number of likely N-dealkylation sites (N-methyl/N-ethyl adjacent to an activating group) is 1. The van der Waals surface area contributed by atoms with Crippen molar-refractivity contribution in [2.75, 3.05) is 27.2 Å². The number of carbonyl (C=O) groups is 1. The fourth-order valence-electron chi connectivity index (χ4n) is 1.86. The SMILES string of the molecule is CN(C)CCNC(=O)CCc1nc2ccccc2[nH]1. The minimum atomic E-state index is 0.0716. The van der Waals surface area contributed by atoms with Gasteiger partial charge in [-0.05, 0) is 26.2 Å². The van der Waals surface area contributed by atoms with E-state index in [1.54, 1.807) is 0 Å². The normalized spacial score (nSPS) is 11.1. The number of hydrogen-bond donors (Lipinski definition) is 2. The third-order valence-corrected chi connectivity index (χ3v) is 2.91. The van der Waals surface area contributed by atoms with Crippen LogP contribution in [0.25, 0.3) is 11.0 Å². The van der Waals surface area contributed by atoms with Gasteiger partial charge in [0.25, 0.3) is 0 Å². The first-order valence-corrected chi connectivity index (χ1v) is 6.50. The molecule has 19 heavy (non-hydrogen) atoms. The Labute approximate surface area is 113 Å². The van der Waals surface area contributed by atoms with Crippen LogP contribution in [0.15, 0.2) is 24.3 Å². The van der Waals surface area contributed by atoms with Crippen LogP contribution < -0.4 is 5.32 Å². The van der Waals surface area contributed by atoms with Gasteiger partial charge in [0.15, 0.2) is 0 Å². The van der Waals surface area contributed by atoms with Gasteiger partial charge < -0.3 is 15.2 Å². The molecule has 102 valence electrons. The fraction of sp³-hybridized carbons (Fsp3) is 0.429. The van der Waals surface area contributed by atoms with Crippen LogP contribution in [-0.2, 0) is 11.2 Å². The maximum atomic E-state index is 11.6. The average molecular weight is 260 g/mol. The average Bonchev–Trinajstić information content (AvgIpc) is 2.78.